The van der Waals surface area contributed by atoms with Crippen molar-refractivity contribution in [1.29, 1.82) is 0 Å². The standard InChI is InChI=1S/C16H10ClF3N2O3S/c17-10-6-8-5-9(15(23)24)14(16(18,19)20)21-11(8)7-12(10)26-13-3-1-2-4-22(13)25/h1-7,14,21H,(H,23,24). The van der Waals surface area contributed by atoms with Crippen LogP contribution < -0.4 is 10.0 Å². The number of aromatic nitrogens is 1. The number of halogens is 4. The first-order valence-corrected chi connectivity index (χ1v) is 8.34. The Morgan fingerprint density at radius 3 is 2.69 bits per heavy atom. The van der Waals surface area contributed by atoms with Gasteiger partial charge in [0.15, 0.2) is 12.2 Å². The first kappa shape index (κ1) is 18.4. The summed E-state index contributed by atoms with van der Waals surface area (Å²) in [6.45, 7) is 0. The monoisotopic (exact) mass is 402 g/mol. The number of nitrogens with one attached hydrogen (secondary N) is 1. The number of benzene rings is 1. The minimum Gasteiger partial charge on any atom is -0.618 e. The highest BCUT2D eigenvalue weighted by Gasteiger charge is 2.46. The summed E-state index contributed by atoms with van der Waals surface area (Å²) in [6, 6.07) is 5.11. The zero-order valence-corrected chi connectivity index (χ0v) is 14.3. The summed E-state index contributed by atoms with van der Waals surface area (Å²) >= 11 is 7.15. The molecule has 1 aliphatic heterocycles. The summed E-state index contributed by atoms with van der Waals surface area (Å²) in [6.07, 6.45) is -2.55. The highest BCUT2D eigenvalue weighted by atomic mass is 35.5. The SMILES string of the molecule is O=C(O)C1=Cc2cc(Cl)c(Sc3cccc[n+]3[O-])cc2NC1C(F)(F)F. The van der Waals surface area contributed by atoms with Gasteiger partial charge in [-0.25, -0.2) is 4.79 Å². The number of hydrogen-bond acceptors (Lipinski definition) is 4. The van der Waals surface area contributed by atoms with Crippen molar-refractivity contribution in [3.8, 4) is 0 Å². The third kappa shape index (κ3) is 3.58. The summed E-state index contributed by atoms with van der Waals surface area (Å²) in [5.41, 5.74) is -0.514. The first-order chi connectivity index (χ1) is 12.2. The number of carbonyl (C=O) groups is 1. The second-order valence-corrected chi connectivity index (χ2v) is 6.83. The quantitative estimate of drug-likeness (QED) is 0.600. The van der Waals surface area contributed by atoms with Gasteiger partial charge in [-0.15, -0.1) is 0 Å². The van der Waals surface area contributed by atoms with E-state index in [4.69, 9.17) is 16.7 Å². The van der Waals surface area contributed by atoms with E-state index in [-0.39, 0.29) is 16.3 Å². The summed E-state index contributed by atoms with van der Waals surface area (Å²) < 4.78 is 40.2. The summed E-state index contributed by atoms with van der Waals surface area (Å²) in [7, 11) is 0. The molecule has 0 aliphatic carbocycles. The van der Waals surface area contributed by atoms with E-state index in [1.165, 1.54) is 18.3 Å². The molecule has 1 unspecified atom stereocenters. The maximum atomic E-state index is 13.2. The fraction of sp³-hybridized carbons (Fsp3) is 0.125. The van der Waals surface area contributed by atoms with Crippen LogP contribution in [0.25, 0.3) is 6.08 Å². The van der Waals surface area contributed by atoms with Gasteiger partial charge in [0, 0.05) is 22.7 Å². The van der Waals surface area contributed by atoms with Crippen molar-refractivity contribution in [2.24, 2.45) is 0 Å². The van der Waals surface area contributed by atoms with Crippen LogP contribution in [-0.4, -0.2) is 23.3 Å². The number of hydrogen-bond donors (Lipinski definition) is 2. The number of anilines is 1. The van der Waals surface area contributed by atoms with Crippen LogP contribution in [0.15, 0.2) is 52.0 Å². The predicted octanol–water partition coefficient (Wildman–Crippen LogP) is 3.95. The Hall–Kier alpha value is -2.39. The molecule has 10 heteroatoms. The third-order valence-electron chi connectivity index (χ3n) is 3.60. The van der Waals surface area contributed by atoms with Gasteiger partial charge in [0.05, 0.1) is 10.6 Å². The lowest BCUT2D eigenvalue weighted by Gasteiger charge is -2.28. The van der Waals surface area contributed by atoms with E-state index in [0.717, 1.165) is 17.8 Å². The molecule has 136 valence electrons. The van der Waals surface area contributed by atoms with Crippen molar-refractivity contribution in [2.75, 3.05) is 5.32 Å². The Kier molecular flexibility index (Phi) is 4.76. The molecule has 0 saturated carbocycles. The Morgan fingerprint density at radius 1 is 1.35 bits per heavy atom. The highest BCUT2D eigenvalue weighted by Crippen LogP contribution is 2.41. The molecule has 1 atom stereocenters. The van der Waals surface area contributed by atoms with Crippen LogP contribution in [0.2, 0.25) is 5.02 Å². The summed E-state index contributed by atoms with van der Waals surface area (Å²) in [4.78, 5) is 11.5. The molecule has 0 spiro atoms. The van der Waals surface area contributed by atoms with Crippen LogP contribution in [0.5, 0.6) is 0 Å². The second kappa shape index (κ2) is 6.73. The highest BCUT2D eigenvalue weighted by molar-refractivity contribution is 7.99. The van der Waals surface area contributed by atoms with Crippen molar-refractivity contribution in [3.05, 3.63) is 57.9 Å². The van der Waals surface area contributed by atoms with E-state index in [9.17, 15) is 23.2 Å². The van der Waals surface area contributed by atoms with Gasteiger partial charge in [-0.3, -0.25) is 0 Å². The Balaban J connectivity index is 2.03. The molecule has 5 nitrogen and oxygen atoms in total. The van der Waals surface area contributed by atoms with Gasteiger partial charge >= 0.3 is 12.1 Å². The van der Waals surface area contributed by atoms with Gasteiger partial charge in [0.1, 0.15) is 0 Å². The average molecular weight is 403 g/mol. The Bertz CT molecular complexity index is 918. The lowest BCUT2D eigenvalue weighted by atomic mass is 9.97. The minimum atomic E-state index is -4.79. The topological polar surface area (TPSA) is 76.3 Å². The largest absolute Gasteiger partial charge is 0.618 e. The van der Waals surface area contributed by atoms with Crippen molar-refractivity contribution in [1.82, 2.24) is 0 Å². The van der Waals surface area contributed by atoms with Crippen molar-refractivity contribution < 1.29 is 27.8 Å². The van der Waals surface area contributed by atoms with E-state index < -0.39 is 23.8 Å². The van der Waals surface area contributed by atoms with Crippen LogP contribution in [-0.2, 0) is 4.79 Å². The summed E-state index contributed by atoms with van der Waals surface area (Å²) in [5, 5.41) is 23.5. The molecule has 0 bridgehead atoms. The maximum absolute atomic E-state index is 13.2. The average Bonchev–Trinajstić information content (AvgIpc) is 2.55. The molecule has 2 heterocycles. The number of carboxylic acid groups (broad SMARTS) is 1. The van der Waals surface area contributed by atoms with Crippen LogP contribution >= 0.6 is 23.4 Å². The van der Waals surface area contributed by atoms with Gasteiger partial charge in [-0.2, -0.15) is 17.9 Å². The normalized spacial score (nSPS) is 16.5. The molecular weight excluding hydrogens is 393 g/mol. The molecule has 2 N–H and O–H groups in total. The number of aliphatic carboxylic acids is 1. The van der Waals surface area contributed by atoms with Gasteiger partial charge in [-0.05, 0) is 41.6 Å². The molecule has 1 aromatic carbocycles. The number of carboxylic acids is 1. The molecule has 0 saturated heterocycles. The number of pyridine rings is 1. The van der Waals surface area contributed by atoms with Crippen LogP contribution in [0.1, 0.15) is 5.56 Å². The number of fused-ring (bicyclic) bond motifs is 1. The fourth-order valence-corrected chi connectivity index (χ4v) is 3.57. The molecular formula is C16H10ClF3N2O3S. The zero-order valence-electron chi connectivity index (χ0n) is 12.7. The number of rotatable bonds is 3. The lowest BCUT2D eigenvalue weighted by molar-refractivity contribution is -0.645. The van der Waals surface area contributed by atoms with E-state index >= 15 is 0 Å². The van der Waals surface area contributed by atoms with E-state index in [1.54, 1.807) is 18.2 Å². The molecule has 1 aromatic heterocycles. The van der Waals surface area contributed by atoms with E-state index in [2.05, 4.69) is 5.32 Å². The first-order valence-electron chi connectivity index (χ1n) is 7.14. The second-order valence-electron chi connectivity index (χ2n) is 5.36. The van der Waals surface area contributed by atoms with Crippen LogP contribution in [0.3, 0.4) is 0 Å². The van der Waals surface area contributed by atoms with Gasteiger partial charge < -0.3 is 15.6 Å². The molecule has 1 aliphatic rings. The molecule has 0 fully saturated rings. The Morgan fingerprint density at radius 2 is 2.08 bits per heavy atom. The van der Waals surface area contributed by atoms with Crippen LogP contribution in [0, 0.1) is 5.21 Å². The van der Waals surface area contributed by atoms with Crippen molar-refractivity contribution >= 4 is 41.1 Å². The predicted molar refractivity (Wildman–Crippen MR) is 90.1 cm³/mol. The molecule has 0 amide bonds. The van der Waals surface area contributed by atoms with Gasteiger partial charge in [0.2, 0.25) is 0 Å². The van der Waals surface area contributed by atoms with Crippen molar-refractivity contribution in [2.45, 2.75) is 22.1 Å². The smallest absolute Gasteiger partial charge is 0.413 e. The molecule has 2 aromatic rings. The lowest BCUT2D eigenvalue weighted by Crippen LogP contribution is -2.41. The van der Waals surface area contributed by atoms with Gasteiger partial charge in [-0.1, -0.05) is 11.6 Å². The molecule has 26 heavy (non-hydrogen) atoms. The molecule has 3 rings (SSSR count). The maximum Gasteiger partial charge on any atom is 0.413 e. The number of nitrogens with zero attached hydrogens (tertiary/aromatic N) is 1. The van der Waals surface area contributed by atoms with E-state index in [1.807, 2.05) is 0 Å². The third-order valence-corrected chi connectivity index (χ3v) is 5.11. The zero-order chi connectivity index (χ0) is 19.1. The number of alkyl halides is 3. The fourth-order valence-electron chi connectivity index (χ4n) is 2.42. The van der Waals surface area contributed by atoms with Crippen molar-refractivity contribution in [3.63, 3.8) is 0 Å². The van der Waals surface area contributed by atoms with E-state index in [0.29, 0.717) is 14.7 Å². The van der Waals surface area contributed by atoms with Gasteiger partial charge in [0.25, 0.3) is 5.03 Å². The van der Waals surface area contributed by atoms with Crippen LogP contribution in [0.4, 0.5) is 18.9 Å². The Labute approximate surface area is 154 Å². The summed E-state index contributed by atoms with van der Waals surface area (Å²) in [5.74, 6) is -1.67. The molecule has 0 radical (unpaired) electrons. The minimum absolute atomic E-state index is 0.0811.